The van der Waals surface area contributed by atoms with Crippen LogP contribution in [-0.2, 0) is 14.4 Å². The monoisotopic (exact) mass is 360 g/mol. The van der Waals surface area contributed by atoms with Gasteiger partial charge in [-0.3, -0.25) is 25.7 Å². The van der Waals surface area contributed by atoms with Crippen LogP contribution in [-0.4, -0.2) is 39.8 Å². The maximum absolute atomic E-state index is 11.3. The molecule has 0 aromatic rings. The minimum absolute atomic E-state index is 0.0834. The first-order valence-corrected chi connectivity index (χ1v) is 8.99. The zero-order chi connectivity index (χ0) is 19.1. The molecule has 6 N–H and O–H groups in total. The predicted octanol–water partition coefficient (Wildman–Crippen LogP) is 2.23. The second-order valence-electron chi connectivity index (χ2n) is 6.44. The maximum atomic E-state index is 11.3. The number of aliphatic carboxylic acids is 3. The average molecular weight is 360 g/mol. The van der Waals surface area contributed by atoms with Gasteiger partial charge in [-0.2, -0.15) is 0 Å². The highest BCUT2D eigenvalue weighted by Crippen LogP contribution is 2.22. The molecule has 25 heavy (non-hydrogen) atoms. The Morgan fingerprint density at radius 1 is 0.720 bits per heavy atom. The standard InChI is InChI=1S/C17H32N2O6/c18-19-12-5-3-1-2-4-7-13(16(22)23)8-6-9-14(17(24)25)10-11-15(20)21/h13-14,19H,1-12,18H2,(H,20,21)(H,22,23)(H,24,25). The van der Waals surface area contributed by atoms with Gasteiger partial charge in [-0.1, -0.05) is 32.1 Å². The van der Waals surface area contributed by atoms with Crippen molar-refractivity contribution >= 4 is 17.9 Å². The highest BCUT2D eigenvalue weighted by Gasteiger charge is 2.21. The molecule has 0 aromatic heterocycles. The van der Waals surface area contributed by atoms with Crippen molar-refractivity contribution in [3.63, 3.8) is 0 Å². The lowest BCUT2D eigenvalue weighted by Gasteiger charge is -2.15. The van der Waals surface area contributed by atoms with Crippen LogP contribution in [0, 0.1) is 11.8 Å². The van der Waals surface area contributed by atoms with Crippen LogP contribution >= 0.6 is 0 Å². The van der Waals surface area contributed by atoms with Gasteiger partial charge in [0.05, 0.1) is 11.8 Å². The van der Waals surface area contributed by atoms with E-state index in [2.05, 4.69) is 5.43 Å². The molecule has 0 fully saturated rings. The fraction of sp³-hybridized carbons (Fsp3) is 0.824. The SMILES string of the molecule is NNCCCCCCCC(CCCC(CCC(=O)O)C(=O)O)C(=O)O. The molecule has 0 aliphatic carbocycles. The Morgan fingerprint density at radius 2 is 1.20 bits per heavy atom. The van der Waals surface area contributed by atoms with Gasteiger partial charge in [-0.25, -0.2) is 0 Å². The highest BCUT2D eigenvalue weighted by molar-refractivity contribution is 5.72. The van der Waals surface area contributed by atoms with Gasteiger partial charge >= 0.3 is 17.9 Å². The molecule has 0 heterocycles. The van der Waals surface area contributed by atoms with E-state index in [0.29, 0.717) is 25.7 Å². The van der Waals surface area contributed by atoms with E-state index < -0.39 is 29.7 Å². The number of hydrogen-bond donors (Lipinski definition) is 5. The van der Waals surface area contributed by atoms with E-state index in [1.807, 2.05) is 0 Å². The van der Waals surface area contributed by atoms with Crippen molar-refractivity contribution in [3.8, 4) is 0 Å². The molecule has 0 aliphatic heterocycles. The summed E-state index contributed by atoms with van der Waals surface area (Å²) in [6, 6.07) is 0. The van der Waals surface area contributed by atoms with Crippen molar-refractivity contribution in [3.05, 3.63) is 0 Å². The van der Waals surface area contributed by atoms with E-state index in [-0.39, 0.29) is 12.8 Å². The predicted molar refractivity (Wildman–Crippen MR) is 92.9 cm³/mol. The van der Waals surface area contributed by atoms with Gasteiger partial charge in [0, 0.05) is 13.0 Å². The van der Waals surface area contributed by atoms with E-state index in [4.69, 9.17) is 16.1 Å². The highest BCUT2D eigenvalue weighted by atomic mass is 16.4. The van der Waals surface area contributed by atoms with Crippen molar-refractivity contribution in [1.29, 1.82) is 0 Å². The Morgan fingerprint density at radius 3 is 1.72 bits per heavy atom. The minimum atomic E-state index is -1.02. The van der Waals surface area contributed by atoms with Gasteiger partial charge in [-0.05, 0) is 32.1 Å². The van der Waals surface area contributed by atoms with Gasteiger partial charge in [0.2, 0.25) is 0 Å². The molecule has 146 valence electrons. The number of nitrogens with one attached hydrogen (secondary N) is 1. The summed E-state index contributed by atoms with van der Waals surface area (Å²) in [5, 5.41) is 27.0. The second-order valence-corrected chi connectivity index (χ2v) is 6.44. The summed E-state index contributed by atoms with van der Waals surface area (Å²) >= 11 is 0. The fourth-order valence-electron chi connectivity index (χ4n) is 2.84. The molecule has 0 rings (SSSR count). The summed E-state index contributed by atoms with van der Waals surface area (Å²) in [7, 11) is 0. The summed E-state index contributed by atoms with van der Waals surface area (Å²) in [5.74, 6) is 1.13. The van der Waals surface area contributed by atoms with Crippen molar-refractivity contribution in [2.24, 2.45) is 17.7 Å². The maximum Gasteiger partial charge on any atom is 0.306 e. The molecule has 0 radical (unpaired) electrons. The van der Waals surface area contributed by atoms with Gasteiger partial charge in [0.25, 0.3) is 0 Å². The quantitative estimate of drug-likeness (QED) is 0.150. The molecule has 0 aliphatic rings. The van der Waals surface area contributed by atoms with E-state index in [9.17, 15) is 19.5 Å². The van der Waals surface area contributed by atoms with Crippen LogP contribution in [0.15, 0.2) is 0 Å². The van der Waals surface area contributed by atoms with E-state index >= 15 is 0 Å². The number of unbranched alkanes of at least 4 members (excludes halogenated alkanes) is 4. The van der Waals surface area contributed by atoms with Crippen molar-refractivity contribution < 1.29 is 29.7 Å². The fourth-order valence-corrected chi connectivity index (χ4v) is 2.84. The first-order valence-electron chi connectivity index (χ1n) is 8.99. The summed E-state index contributed by atoms with van der Waals surface area (Å²) in [4.78, 5) is 33.0. The first kappa shape index (κ1) is 23.3. The normalized spacial score (nSPS) is 13.3. The molecule has 0 amide bonds. The topological polar surface area (TPSA) is 150 Å². The molecule has 0 aromatic carbocycles. The number of nitrogens with two attached hydrogens (primary N) is 1. The van der Waals surface area contributed by atoms with Crippen LogP contribution in [0.25, 0.3) is 0 Å². The van der Waals surface area contributed by atoms with Gasteiger partial charge in [-0.15, -0.1) is 0 Å². The van der Waals surface area contributed by atoms with Crippen LogP contribution in [0.3, 0.4) is 0 Å². The molecular weight excluding hydrogens is 328 g/mol. The third-order valence-electron chi connectivity index (χ3n) is 4.38. The van der Waals surface area contributed by atoms with Gasteiger partial charge < -0.3 is 15.3 Å². The van der Waals surface area contributed by atoms with Crippen molar-refractivity contribution in [1.82, 2.24) is 5.43 Å². The summed E-state index contributed by atoms with van der Waals surface area (Å²) < 4.78 is 0. The number of carboxylic acid groups (broad SMARTS) is 3. The molecule has 0 bridgehead atoms. The molecule has 0 saturated heterocycles. The Balaban J connectivity index is 4.02. The molecule has 2 unspecified atom stereocenters. The van der Waals surface area contributed by atoms with Gasteiger partial charge in [0.1, 0.15) is 0 Å². The number of hydrogen-bond acceptors (Lipinski definition) is 5. The van der Waals surface area contributed by atoms with Crippen LogP contribution < -0.4 is 11.3 Å². The number of carboxylic acids is 3. The smallest absolute Gasteiger partial charge is 0.306 e. The zero-order valence-electron chi connectivity index (χ0n) is 14.8. The summed E-state index contributed by atoms with van der Waals surface area (Å²) in [6.45, 7) is 0.782. The number of hydrazine groups is 1. The van der Waals surface area contributed by atoms with E-state index in [1.165, 1.54) is 0 Å². The molecule has 2 atom stereocenters. The average Bonchev–Trinajstić information content (AvgIpc) is 2.54. The summed E-state index contributed by atoms with van der Waals surface area (Å²) in [5.41, 5.74) is 2.59. The van der Waals surface area contributed by atoms with Gasteiger partial charge in [0.15, 0.2) is 0 Å². The second kappa shape index (κ2) is 14.7. The Kier molecular flexibility index (Phi) is 13.7. The minimum Gasteiger partial charge on any atom is -0.481 e. The Hall–Kier alpha value is -1.67. The third-order valence-corrected chi connectivity index (χ3v) is 4.38. The Labute approximate surface area is 148 Å². The molecule has 0 saturated carbocycles. The summed E-state index contributed by atoms with van der Waals surface area (Å²) in [6.07, 6.45) is 6.66. The third kappa shape index (κ3) is 13.3. The van der Waals surface area contributed by atoms with Crippen molar-refractivity contribution in [2.75, 3.05) is 6.54 Å². The van der Waals surface area contributed by atoms with Crippen LogP contribution in [0.1, 0.15) is 70.6 Å². The number of carbonyl (C=O) groups is 3. The molecule has 8 nitrogen and oxygen atoms in total. The van der Waals surface area contributed by atoms with Crippen molar-refractivity contribution in [2.45, 2.75) is 70.6 Å². The zero-order valence-corrected chi connectivity index (χ0v) is 14.8. The lowest BCUT2D eigenvalue weighted by atomic mass is 9.91. The molecule has 0 spiro atoms. The van der Waals surface area contributed by atoms with Crippen LogP contribution in [0.2, 0.25) is 0 Å². The molecular formula is C17H32N2O6. The first-order chi connectivity index (χ1) is 11.9. The largest absolute Gasteiger partial charge is 0.481 e. The Bertz CT molecular complexity index is 403. The lowest BCUT2D eigenvalue weighted by molar-refractivity contribution is -0.143. The molecule has 8 heteroatoms. The van der Waals surface area contributed by atoms with E-state index in [0.717, 1.165) is 38.6 Å². The van der Waals surface area contributed by atoms with Crippen LogP contribution in [0.5, 0.6) is 0 Å². The lowest BCUT2D eigenvalue weighted by Crippen LogP contribution is -2.22. The van der Waals surface area contributed by atoms with E-state index in [1.54, 1.807) is 0 Å². The van der Waals surface area contributed by atoms with Crippen LogP contribution in [0.4, 0.5) is 0 Å². The number of rotatable bonds is 17.